The van der Waals surface area contributed by atoms with Crippen LogP contribution in [0.1, 0.15) is 32.1 Å². The standard InChI is InChI=1S/C20H27N3O2/c24-19(21-11-7-14-22-12-5-1-2-6-13-22)16-23-15-10-17-8-3-4-9-18(17)20(23)25/h3-4,8-10,15H,1-2,5-7,11-14,16H2,(H,21,24). The molecule has 2 aromatic rings. The topological polar surface area (TPSA) is 54.3 Å². The summed E-state index contributed by atoms with van der Waals surface area (Å²) in [4.78, 5) is 27.0. The molecule has 0 radical (unpaired) electrons. The molecule has 1 saturated heterocycles. The Labute approximate surface area is 148 Å². The fourth-order valence-corrected chi connectivity index (χ4v) is 3.46. The van der Waals surface area contributed by atoms with Crippen molar-refractivity contribution in [3.05, 3.63) is 46.9 Å². The van der Waals surface area contributed by atoms with Crippen molar-refractivity contribution in [1.82, 2.24) is 14.8 Å². The maximum Gasteiger partial charge on any atom is 0.258 e. The first-order valence-electron chi connectivity index (χ1n) is 9.31. The Morgan fingerprint density at radius 1 is 1.04 bits per heavy atom. The van der Waals surface area contributed by atoms with E-state index in [-0.39, 0.29) is 18.0 Å². The zero-order valence-corrected chi connectivity index (χ0v) is 14.7. The van der Waals surface area contributed by atoms with Crippen molar-refractivity contribution in [2.75, 3.05) is 26.2 Å². The maximum atomic E-state index is 12.4. The van der Waals surface area contributed by atoms with Gasteiger partial charge < -0.3 is 14.8 Å². The van der Waals surface area contributed by atoms with Gasteiger partial charge in [-0.15, -0.1) is 0 Å². The normalized spacial score (nSPS) is 15.8. The van der Waals surface area contributed by atoms with Gasteiger partial charge in [0.25, 0.3) is 5.56 Å². The highest BCUT2D eigenvalue weighted by atomic mass is 16.2. The lowest BCUT2D eigenvalue weighted by Crippen LogP contribution is -2.34. The van der Waals surface area contributed by atoms with Gasteiger partial charge in [-0.05, 0) is 56.4 Å². The van der Waals surface area contributed by atoms with Crippen molar-refractivity contribution in [1.29, 1.82) is 0 Å². The Morgan fingerprint density at radius 3 is 2.60 bits per heavy atom. The Bertz CT molecular complexity index is 761. The molecule has 1 N–H and O–H groups in total. The molecule has 1 aromatic carbocycles. The molecule has 5 nitrogen and oxygen atoms in total. The van der Waals surface area contributed by atoms with Gasteiger partial charge in [-0.25, -0.2) is 0 Å². The van der Waals surface area contributed by atoms with Gasteiger partial charge in [0.15, 0.2) is 0 Å². The number of nitrogens with one attached hydrogen (secondary N) is 1. The summed E-state index contributed by atoms with van der Waals surface area (Å²) < 4.78 is 1.48. The van der Waals surface area contributed by atoms with Crippen molar-refractivity contribution in [3.63, 3.8) is 0 Å². The van der Waals surface area contributed by atoms with Gasteiger partial charge in [-0.3, -0.25) is 9.59 Å². The molecule has 1 fully saturated rings. The zero-order valence-electron chi connectivity index (χ0n) is 14.7. The third kappa shape index (κ3) is 4.92. The van der Waals surface area contributed by atoms with E-state index in [0.717, 1.165) is 18.4 Å². The number of rotatable bonds is 6. The summed E-state index contributed by atoms with van der Waals surface area (Å²) in [5.41, 5.74) is -0.113. The van der Waals surface area contributed by atoms with Gasteiger partial charge in [0, 0.05) is 18.1 Å². The molecule has 134 valence electrons. The lowest BCUT2D eigenvalue weighted by molar-refractivity contribution is -0.121. The second-order valence-corrected chi connectivity index (χ2v) is 6.80. The fourth-order valence-electron chi connectivity index (χ4n) is 3.46. The number of carbonyl (C=O) groups is 1. The summed E-state index contributed by atoms with van der Waals surface area (Å²) in [5, 5.41) is 4.49. The fraction of sp³-hybridized carbons (Fsp3) is 0.500. The number of hydrogen-bond acceptors (Lipinski definition) is 3. The molecule has 0 unspecified atom stereocenters. The van der Waals surface area contributed by atoms with Crippen molar-refractivity contribution in [2.24, 2.45) is 0 Å². The number of fused-ring (bicyclic) bond motifs is 1. The smallest absolute Gasteiger partial charge is 0.258 e. The molecule has 3 rings (SSSR count). The van der Waals surface area contributed by atoms with E-state index in [1.807, 2.05) is 24.3 Å². The van der Waals surface area contributed by atoms with Gasteiger partial charge in [-0.1, -0.05) is 31.0 Å². The third-order valence-electron chi connectivity index (χ3n) is 4.87. The molecular formula is C20H27N3O2. The first-order chi connectivity index (χ1) is 12.2. The Kier molecular flexibility index (Phi) is 6.23. The summed E-state index contributed by atoms with van der Waals surface area (Å²) in [6, 6.07) is 9.33. The average Bonchev–Trinajstić information content (AvgIpc) is 2.90. The summed E-state index contributed by atoms with van der Waals surface area (Å²) in [6.07, 6.45) is 7.91. The van der Waals surface area contributed by atoms with Crippen LogP contribution in [0.25, 0.3) is 10.8 Å². The number of benzene rings is 1. The molecule has 0 bridgehead atoms. The van der Waals surface area contributed by atoms with Gasteiger partial charge in [-0.2, -0.15) is 0 Å². The number of amides is 1. The van der Waals surface area contributed by atoms with E-state index in [1.54, 1.807) is 12.3 Å². The number of likely N-dealkylation sites (tertiary alicyclic amines) is 1. The van der Waals surface area contributed by atoms with Gasteiger partial charge in [0.05, 0.1) is 0 Å². The van der Waals surface area contributed by atoms with Crippen LogP contribution < -0.4 is 10.9 Å². The molecule has 2 heterocycles. The first kappa shape index (κ1) is 17.7. The highest BCUT2D eigenvalue weighted by Gasteiger charge is 2.09. The molecule has 0 saturated carbocycles. The number of pyridine rings is 1. The quantitative estimate of drug-likeness (QED) is 0.821. The molecule has 1 aromatic heterocycles. The lowest BCUT2D eigenvalue weighted by atomic mass is 10.2. The zero-order chi connectivity index (χ0) is 17.5. The van der Waals surface area contributed by atoms with Crippen LogP contribution in [0.4, 0.5) is 0 Å². The summed E-state index contributed by atoms with van der Waals surface area (Å²) >= 11 is 0. The summed E-state index contributed by atoms with van der Waals surface area (Å²) in [7, 11) is 0. The van der Waals surface area contributed by atoms with E-state index < -0.39 is 0 Å². The van der Waals surface area contributed by atoms with Crippen LogP contribution in [0.15, 0.2) is 41.3 Å². The predicted octanol–water partition coefficient (Wildman–Crippen LogP) is 2.38. The average molecular weight is 341 g/mol. The number of hydrogen-bond donors (Lipinski definition) is 1. The van der Waals surface area contributed by atoms with Crippen LogP contribution in [0.2, 0.25) is 0 Å². The number of aromatic nitrogens is 1. The largest absolute Gasteiger partial charge is 0.355 e. The number of carbonyl (C=O) groups excluding carboxylic acids is 1. The van der Waals surface area contributed by atoms with Crippen LogP contribution in [-0.2, 0) is 11.3 Å². The second kappa shape index (κ2) is 8.81. The molecule has 0 aliphatic carbocycles. The minimum absolute atomic E-state index is 0.0768. The molecule has 25 heavy (non-hydrogen) atoms. The molecule has 0 atom stereocenters. The van der Waals surface area contributed by atoms with Crippen molar-refractivity contribution < 1.29 is 4.79 Å². The minimum Gasteiger partial charge on any atom is -0.355 e. The van der Waals surface area contributed by atoms with E-state index in [4.69, 9.17) is 0 Å². The van der Waals surface area contributed by atoms with E-state index >= 15 is 0 Å². The molecule has 5 heteroatoms. The first-order valence-corrected chi connectivity index (χ1v) is 9.31. The SMILES string of the molecule is O=C(Cn1ccc2ccccc2c1=O)NCCCN1CCCCCC1. The van der Waals surface area contributed by atoms with Crippen molar-refractivity contribution >= 4 is 16.7 Å². The second-order valence-electron chi connectivity index (χ2n) is 6.80. The van der Waals surface area contributed by atoms with Crippen LogP contribution in [0.5, 0.6) is 0 Å². The molecule has 1 aliphatic heterocycles. The van der Waals surface area contributed by atoms with Gasteiger partial charge in [0.2, 0.25) is 5.91 Å². The monoisotopic (exact) mass is 341 g/mol. The Morgan fingerprint density at radius 2 is 1.80 bits per heavy atom. The van der Waals surface area contributed by atoms with Crippen LogP contribution in [-0.4, -0.2) is 41.6 Å². The molecule has 0 spiro atoms. The van der Waals surface area contributed by atoms with Crippen LogP contribution >= 0.6 is 0 Å². The minimum atomic E-state index is -0.113. The predicted molar refractivity (Wildman–Crippen MR) is 101 cm³/mol. The van der Waals surface area contributed by atoms with E-state index in [1.165, 1.54) is 43.3 Å². The number of nitrogens with zero attached hydrogens (tertiary/aromatic N) is 2. The summed E-state index contributed by atoms with van der Waals surface area (Å²) in [5.74, 6) is -0.103. The maximum absolute atomic E-state index is 12.4. The third-order valence-corrected chi connectivity index (χ3v) is 4.87. The Balaban J connectivity index is 1.46. The van der Waals surface area contributed by atoms with Crippen molar-refractivity contribution in [3.8, 4) is 0 Å². The van der Waals surface area contributed by atoms with Crippen LogP contribution in [0.3, 0.4) is 0 Å². The van der Waals surface area contributed by atoms with Crippen LogP contribution in [0, 0.1) is 0 Å². The van der Waals surface area contributed by atoms with E-state index in [2.05, 4.69) is 10.2 Å². The molecular weight excluding hydrogens is 314 g/mol. The Hall–Kier alpha value is -2.14. The van der Waals surface area contributed by atoms with E-state index in [0.29, 0.717) is 11.9 Å². The van der Waals surface area contributed by atoms with Gasteiger partial charge >= 0.3 is 0 Å². The van der Waals surface area contributed by atoms with Crippen molar-refractivity contribution in [2.45, 2.75) is 38.6 Å². The van der Waals surface area contributed by atoms with Gasteiger partial charge in [0.1, 0.15) is 6.54 Å². The highest BCUT2D eigenvalue weighted by molar-refractivity contribution is 5.82. The van der Waals surface area contributed by atoms with E-state index in [9.17, 15) is 9.59 Å². The highest BCUT2D eigenvalue weighted by Crippen LogP contribution is 2.09. The lowest BCUT2D eigenvalue weighted by Gasteiger charge is -2.19. The molecule has 1 amide bonds. The molecule has 1 aliphatic rings. The summed E-state index contributed by atoms with van der Waals surface area (Å²) in [6.45, 7) is 4.14.